The van der Waals surface area contributed by atoms with Crippen LogP contribution in [0.25, 0.3) is 0 Å². The fraction of sp³-hybridized carbons (Fsp3) is 0.462. The highest BCUT2D eigenvalue weighted by Crippen LogP contribution is 2.12. The van der Waals surface area contributed by atoms with Gasteiger partial charge in [0.2, 0.25) is 0 Å². The quantitative estimate of drug-likeness (QED) is 0.347. The Morgan fingerprint density at radius 1 is 1.53 bits per heavy atom. The summed E-state index contributed by atoms with van der Waals surface area (Å²) in [6, 6.07) is 4.86. The van der Waals surface area contributed by atoms with E-state index in [9.17, 15) is 4.79 Å². The van der Waals surface area contributed by atoms with Crippen LogP contribution in [0, 0.1) is 12.3 Å². The number of carbonyl (C=O) groups excluding carboxylic acids is 1. The molecule has 92 valence electrons. The van der Waals surface area contributed by atoms with Crippen LogP contribution in [0.5, 0.6) is 0 Å². The molecule has 0 unspecified atom stereocenters. The summed E-state index contributed by atoms with van der Waals surface area (Å²) < 4.78 is 10.7. The van der Waals surface area contributed by atoms with Gasteiger partial charge in [-0.1, -0.05) is 20.0 Å². The second-order valence-electron chi connectivity index (χ2n) is 4.53. The SMILES string of the molecule is C#CC(=O)OCC[Si](C)(C)c1ccc(CC)o1. The maximum atomic E-state index is 10.8. The van der Waals surface area contributed by atoms with Gasteiger partial charge in [-0.15, -0.1) is 6.42 Å². The van der Waals surface area contributed by atoms with Gasteiger partial charge in [0.25, 0.3) is 0 Å². The minimum absolute atomic E-state index is 0.365. The lowest BCUT2D eigenvalue weighted by molar-refractivity contribution is -0.136. The summed E-state index contributed by atoms with van der Waals surface area (Å²) in [5.41, 5.74) is 0. The van der Waals surface area contributed by atoms with Gasteiger partial charge in [-0.05, 0) is 18.2 Å². The standard InChI is InChI=1S/C13H18O3Si/c1-5-11-7-8-13(16-11)17(3,4)10-9-15-12(14)6-2/h2,7-8H,5,9-10H2,1,3-4H3. The number of rotatable bonds is 5. The van der Waals surface area contributed by atoms with Crippen LogP contribution in [-0.4, -0.2) is 20.7 Å². The van der Waals surface area contributed by atoms with E-state index >= 15 is 0 Å². The van der Waals surface area contributed by atoms with Gasteiger partial charge in [0, 0.05) is 12.3 Å². The number of aryl methyl sites for hydroxylation is 1. The van der Waals surface area contributed by atoms with Crippen LogP contribution in [0.15, 0.2) is 16.5 Å². The van der Waals surface area contributed by atoms with Crippen molar-refractivity contribution in [2.24, 2.45) is 0 Å². The lowest BCUT2D eigenvalue weighted by atomic mass is 10.4. The zero-order valence-corrected chi connectivity index (χ0v) is 11.6. The molecule has 0 saturated carbocycles. The Morgan fingerprint density at radius 3 is 2.76 bits per heavy atom. The second-order valence-corrected chi connectivity index (χ2v) is 9.29. The summed E-state index contributed by atoms with van der Waals surface area (Å²) in [6.45, 7) is 6.81. The Balaban J connectivity index is 2.56. The topological polar surface area (TPSA) is 39.4 Å². The smallest absolute Gasteiger partial charge is 0.384 e. The highest BCUT2D eigenvalue weighted by atomic mass is 28.3. The number of hydrogen-bond acceptors (Lipinski definition) is 3. The normalized spacial score (nSPS) is 10.9. The molecule has 0 atom stereocenters. The lowest BCUT2D eigenvalue weighted by Gasteiger charge is -2.18. The molecule has 1 aromatic heterocycles. The molecule has 0 aromatic carbocycles. The van der Waals surface area contributed by atoms with E-state index in [1.54, 1.807) is 0 Å². The Morgan fingerprint density at radius 2 is 2.24 bits per heavy atom. The van der Waals surface area contributed by atoms with Crippen LogP contribution in [0.3, 0.4) is 0 Å². The zero-order chi connectivity index (χ0) is 12.9. The molecular weight excluding hydrogens is 232 g/mol. The maximum Gasteiger partial charge on any atom is 0.384 e. The Hall–Kier alpha value is -1.47. The molecular formula is C13H18O3Si. The predicted octanol–water partition coefficient (Wildman–Crippen LogP) is 1.93. The molecule has 0 amide bonds. The van der Waals surface area contributed by atoms with E-state index in [0.717, 1.165) is 23.6 Å². The molecule has 0 aliphatic heterocycles. The van der Waals surface area contributed by atoms with Crippen LogP contribution < -0.4 is 5.38 Å². The summed E-state index contributed by atoms with van der Waals surface area (Å²) in [5.74, 6) is 2.34. The summed E-state index contributed by atoms with van der Waals surface area (Å²) in [5, 5.41) is 1.05. The average Bonchev–Trinajstić information content (AvgIpc) is 2.77. The molecule has 0 saturated heterocycles. The highest BCUT2D eigenvalue weighted by molar-refractivity contribution is 6.88. The van der Waals surface area contributed by atoms with Crippen LogP contribution in [0.2, 0.25) is 19.1 Å². The van der Waals surface area contributed by atoms with Gasteiger partial charge in [-0.2, -0.15) is 0 Å². The summed E-state index contributed by atoms with van der Waals surface area (Å²) >= 11 is 0. The van der Waals surface area contributed by atoms with E-state index in [0.29, 0.717) is 6.61 Å². The zero-order valence-electron chi connectivity index (χ0n) is 10.6. The van der Waals surface area contributed by atoms with Gasteiger partial charge in [-0.3, -0.25) is 0 Å². The average molecular weight is 250 g/mol. The van der Waals surface area contributed by atoms with Crippen LogP contribution in [-0.2, 0) is 16.0 Å². The van der Waals surface area contributed by atoms with Crippen molar-refractivity contribution in [2.45, 2.75) is 32.5 Å². The Kier molecular flexibility index (Phi) is 4.59. The first-order valence-corrected chi connectivity index (χ1v) is 8.93. The molecule has 17 heavy (non-hydrogen) atoms. The van der Waals surface area contributed by atoms with E-state index in [1.807, 2.05) is 18.1 Å². The first-order valence-electron chi connectivity index (χ1n) is 5.72. The van der Waals surface area contributed by atoms with E-state index < -0.39 is 14.0 Å². The predicted molar refractivity (Wildman–Crippen MR) is 69.8 cm³/mol. The van der Waals surface area contributed by atoms with E-state index in [2.05, 4.69) is 20.0 Å². The Bertz CT molecular complexity index is 426. The molecule has 1 heterocycles. The van der Waals surface area contributed by atoms with Crippen molar-refractivity contribution in [2.75, 3.05) is 6.61 Å². The van der Waals surface area contributed by atoms with E-state index in [1.165, 1.54) is 0 Å². The molecule has 0 fully saturated rings. The monoisotopic (exact) mass is 250 g/mol. The van der Waals surface area contributed by atoms with Crippen LogP contribution in [0.1, 0.15) is 12.7 Å². The first-order chi connectivity index (χ1) is 7.99. The molecule has 0 N–H and O–H groups in total. The van der Waals surface area contributed by atoms with Crippen molar-refractivity contribution < 1.29 is 13.9 Å². The van der Waals surface area contributed by atoms with Gasteiger partial charge in [-0.25, -0.2) is 4.79 Å². The van der Waals surface area contributed by atoms with Gasteiger partial charge < -0.3 is 9.15 Å². The lowest BCUT2D eigenvalue weighted by Crippen LogP contribution is -2.41. The van der Waals surface area contributed by atoms with Gasteiger partial charge in [0.05, 0.1) is 12.0 Å². The third-order valence-electron chi connectivity index (χ3n) is 2.76. The number of terminal acetylenes is 1. The molecule has 1 aromatic rings. The molecule has 0 radical (unpaired) electrons. The molecule has 3 nitrogen and oxygen atoms in total. The molecule has 0 aliphatic carbocycles. The summed E-state index contributed by atoms with van der Waals surface area (Å²) in [6.07, 6.45) is 5.82. The number of ether oxygens (including phenoxy) is 1. The van der Waals surface area contributed by atoms with Crippen molar-refractivity contribution in [3.63, 3.8) is 0 Å². The van der Waals surface area contributed by atoms with Crippen LogP contribution in [0.4, 0.5) is 0 Å². The minimum Gasteiger partial charge on any atom is -0.471 e. The maximum absolute atomic E-state index is 10.8. The number of carbonyl (C=O) groups is 1. The molecule has 0 spiro atoms. The fourth-order valence-electron chi connectivity index (χ4n) is 1.50. The van der Waals surface area contributed by atoms with Crippen LogP contribution >= 0.6 is 0 Å². The third-order valence-corrected chi connectivity index (χ3v) is 5.81. The number of furan rings is 1. The summed E-state index contributed by atoms with van der Waals surface area (Å²) in [7, 11) is -1.67. The largest absolute Gasteiger partial charge is 0.471 e. The van der Waals surface area contributed by atoms with Crippen molar-refractivity contribution in [1.82, 2.24) is 0 Å². The molecule has 1 rings (SSSR count). The van der Waals surface area contributed by atoms with Crippen molar-refractivity contribution in [3.05, 3.63) is 17.9 Å². The van der Waals surface area contributed by atoms with Crippen molar-refractivity contribution in [1.29, 1.82) is 0 Å². The minimum atomic E-state index is -1.67. The second kappa shape index (κ2) is 5.74. The van der Waals surface area contributed by atoms with E-state index in [4.69, 9.17) is 15.6 Å². The van der Waals surface area contributed by atoms with Gasteiger partial charge in [0.15, 0.2) is 0 Å². The van der Waals surface area contributed by atoms with E-state index in [-0.39, 0.29) is 0 Å². The fourth-order valence-corrected chi connectivity index (χ4v) is 3.30. The van der Waals surface area contributed by atoms with Gasteiger partial charge >= 0.3 is 5.97 Å². The van der Waals surface area contributed by atoms with Crippen molar-refractivity contribution >= 4 is 19.4 Å². The molecule has 4 heteroatoms. The first kappa shape index (κ1) is 13.6. The Labute approximate surface area is 103 Å². The van der Waals surface area contributed by atoms with Crippen molar-refractivity contribution in [3.8, 4) is 12.3 Å². The summed E-state index contributed by atoms with van der Waals surface area (Å²) in [4.78, 5) is 10.8. The highest BCUT2D eigenvalue weighted by Gasteiger charge is 2.27. The van der Waals surface area contributed by atoms with Gasteiger partial charge in [0.1, 0.15) is 13.8 Å². The number of esters is 1. The number of hydrogen-bond donors (Lipinski definition) is 0. The molecule has 0 aliphatic rings. The third kappa shape index (κ3) is 3.79. The molecule has 0 bridgehead atoms.